The lowest BCUT2D eigenvalue weighted by Crippen LogP contribution is -2.54. The Morgan fingerprint density at radius 2 is 1.94 bits per heavy atom. The molecule has 1 fully saturated rings. The van der Waals surface area contributed by atoms with E-state index in [4.69, 9.17) is 33.9 Å². The molecule has 0 bridgehead atoms. The fraction of sp³-hybridized carbons (Fsp3) is 0.350. The van der Waals surface area contributed by atoms with Gasteiger partial charge in [-0.05, 0) is 19.1 Å². The number of piperazine rings is 1. The van der Waals surface area contributed by atoms with E-state index >= 15 is 0 Å². The van der Waals surface area contributed by atoms with Gasteiger partial charge in [-0.3, -0.25) is 4.79 Å². The van der Waals surface area contributed by atoms with Crippen LogP contribution < -0.4 is 26.5 Å². The first-order chi connectivity index (χ1) is 15.3. The van der Waals surface area contributed by atoms with Crippen LogP contribution in [0.25, 0.3) is 10.9 Å². The fourth-order valence-electron chi connectivity index (χ4n) is 3.74. The highest BCUT2D eigenvalue weighted by Gasteiger charge is 2.28. The van der Waals surface area contributed by atoms with Crippen molar-refractivity contribution >= 4 is 45.7 Å². The molecule has 0 radical (unpaired) electrons. The van der Waals surface area contributed by atoms with E-state index in [1.807, 2.05) is 18.0 Å². The normalized spacial score (nSPS) is 14.9. The Morgan fingerprint density at radius 1 is 1.25 bits per heavy atom. The number of rotatable bonds is 4. The Bertz CT molecular complexity index is 1280. The Labute approximate surface area is 194 Å². The average molecular weight is 474 g/mol. The summed E-state index contributed by atoms with van der Waals surface area (Å²) >= 11 is 12.8. The third-order valence-electron chi connectivity index (χ3n) is 5.56. The molecule has 3 heterocycles. The lowest BCUT2D eigenvalue weighted by Gasteiger charge is -2.35. The predicted molar refractivity (Wildman–Crippen MR) is 125 cm³/mol. The van der Waals surface area contributed by atoms with Gasteiger partial charge in [-0.15, -0.1) is 0 Å². The molecule has 10 nitrogen and oxygen atoms in total. The van der Waals surface area contributed by atoms with E-state index in [2.05, 4.69) is 15.3 Å². The molecule has 0 unspecified atom stereocenters. The van der Waals surface area contributed by atoms with Crippen LogP contribution in [-0.2, 0) is 0 Å². The number of halogens is 2. The number of benzene rings is 1. The van der Waals surface area contributed by atoms with Crippen LogP contribution in [-0.4, -0.2) is 52.9 Å². The molecule has 1 saturated heterocycles. The maximum atomic E-state index is 13.7. The van der Waals surface area contributed by atoms with Gasteiger partial charge in [0.05, 0.1) is 27.0 Å². The van der Waals surface area contributed by atoms with Crippen molar-refractivity contribution in [2.24, 2.45) is 0 Å². The van der Waals surface area contributed by atoms with Crippen molar-refractivity contribution in [3.8, 4) is 6.07 Å². The van der Waals surface area contributed by atoms with E-state index in [1.54, 1.807) is 28.8 Å². The number of hydrogen-bond acceptors (Lipinski definition) is 9. The Hall–Kier alpha value is -3.13. The van der Waals surface area contributed by atoms with Crippen molar-refractivity contribution < 1.29 is 0 Å². The van der Waals surface area contributed by atoms with Gasteiger partial charge < -0.3 is 21.0 Å². The highest BCUT2D eigenvalue weighted by molar-refractivity contribution is 6.39. The number of anilines is 2. The highest BCUT2D eigenvalue weighted by Crippen LogP contribution is 2.30. The van der Waals surface area contributed by atoms with Crippen LogP contribution in [0, 0.1) is 11.3 Å². The standard InChI is InChI=1S/C20H21Cl2N9O/c1-11(29(2)19-12(9-23)17(24)26-10-27-19)18-28-16-14(22)4-3-13(21)15(16)20(32)31(18)30-7-5-25-6-8-30/h3-4,10-11,25H,5-8H2,1-2H3,(H2,24,26,27)/t11-/m0/s1. The number of nitrogens with zero attached hydrogens (tertiary/aromatic N) is 7. The van der Waals surface area contributed by atoms with E-state index in [0.29, 0.717) is 35.3 Å². The number of hydrogen-bond donors (Lipinski definition) is 2. The zero-order chi connectivity index (χ0) is 23.0. The topological polar surface area (TPSA) is 129 Å². The zero-order valence-electron chi connectivity index (χ0n) is 17.5. The molecule has 1 atom stereocenters. The van der Waals surface area contributed by atoms with Crippen LogP contribution in [0.3, 0.4) is 0 Å². The molecule has 32 heavy (non-hydrogen) atoms. The summed E-state index contributed by atoms with van der Waals surface area (Å²) in [5.41, 5.74) is 6.05. The smallest absolute Gasteiger partial charge is 0.281 e. The summed E-state index contributed by atoms with van der Waals surface area (Å²) in [5.74, 6) is 0.861. The van der Waals surface area contributed by atoms with E-state index in [9.17, 15) is 10.1 Å². The van der Waals surface area contributed by atoms with Gasteiger partial charge in [-0.1, -0.05) is 23.2 Å². The molecular formula is C20H21Cl2N9O. The third-order valence-corrected chi connectivity index (χ3v) is 6.18. The van der Waals surface area contributed by atoms with Gasteiger partial charge in [-0.2, -0.15) is 5.26 Å². The molecule has 1 aliphatic heterocycles. The van der Waals surface area contributed by atoms with E-state index in [1.165, 1.54) is 6.33 Å². The summed E-state index contributed by atoms with van der Waals surface area (Å²) in [7, 11) is 1.76. The Morgan fingerprint density at radius 3 is 2.62 bits per heavy atom. The summed E-state index contributed by atoms with van der Waals surface area (Å²) in [6.07, 6.45) is 1.29. The second kappa shape index (κ2) is 8.78. The maximum Gasteiger partial charge on any atom is 0.281 e. The quantitative estimate of drug-likeness (QED) is 0.580. The monoisotopic (exact) mass is 473 g/mol. The molecule has 3 N–H and O–H groups in total. The second-order valence-electron chi connectivity index (χ2n) is 7.40. The lowest BCUT2D eigenvalue weighted by molar-refractivity contribution is 0.454. The zero-order valence-corrected chi connectivity index (χ0v) is 19.0. The van der Waals surface area contributed by atoms with Crippen molar-refractivity contribution in [3.05, 3.63) is 50.2 Å². The number of aromatic nitrogens is 4. The summed E-state index contributed by atoms with van der Waals surface area (Å²) in [6.45, 7) is 4.53. The fourth-order valence-corrected chi connectivity index (χ4v) is 4.18. The number of nitrogens with two attached hydrogens (primary N) is 1. The summed E-state index contributed by atoms with van der Waals surface area (Å²) in [4.78, 5) is 28.3. The molecule has 0 spiro atoms. The number of fused-ring (bicyclic) bond motifs is 1. The van der Waals surface area contributed by atoms with Crippen molar-refractivity contribution in [1.82, 2.24) is 24.9 Å². The molecule has 12 heteroatoms. The minimum absolute atomic E-state index is 0.0809. The molecule has 1 aromatic carbocycles. The second-order valence-corrected chi connectivity index (χ2v) is 8.21. The van der Waals surface area contributed by atoms with Crippen molar-refractivity contribution in [3.63, 3.8) is 0 Å². The average Bonchev–Trinajstić information content (AvgIpc) is 2.80. The number of nitrogens with one attached hydrogen (secondary N) is 1. The predicted octanol–water partition coefficient (Wildman–Crippen LogP) is 1.69. The van der Waals surface area contributed by atoms with Gasteiger partial charge in [-0.25, -0.2) is 19.6 Å². The van der Waals surface area contributed by atoms with Crippen molar-refractivity contribution in [2.45, 2.75) is 13.0 Å². The van der Waals surface area contributed by atoms with Crippen LogP contribution in [0.1, 0.15) is 24.4 Å². The minimum atomic E-state index is -0.474. The first-order valence-corrected chi connectivity index (χ1v) is 10.7. The molecule has 3 aromatic rings. The Kier molecular flexibility index (Phi) is 6.06. The van der Waals surface area contributed by atoms with Crippen molar-refractivity contribution in [1.29, 1.82) is 5.26 Å². The lowest BCUT2D eigenvalue weighted by atomic mass is 10.2. The largest absolute Gasteiger partial charge is 0.382 e. The van der Waals surface area contributed by atoms with Gasteiger partial charge in [0.2, 0.25) is 0 Å². The van der Waals surface area contributed by atoms with Crippen LogP contribution >= 0.6 is 23.2 Å². The minimum Gasteiger partial charge on any atom is -0.382 e. The summed E-state index contributed by atoms with van der Waals surface area (Å²) < 4.78 is 1.56. The number of nitrogen functional groups attached to an aromatic ring is 1. The van der Waals surface area contributed by atoms with E-state index in [-0.39, 0.29) is 27.3 Å². The van der Waals surface area contributed by atoms with Gasteiger partial charge in [0.25, 0.3) is 5.56 Å². The van der Waals surface area contributed by atoms with Crippen molar-refractivity contribution in [2.75, 3.05) is 48.9 Å². The molecule has 0 aliphatic carbocycles. The Balaban J connectivity index is 1.94. The third kappa shape index (κ3) is 3.68. The van der Waals surface area contributed by atoms with Gasteiger partial charge in [0.1, 0.15) is 23.8 Å². The van der Waals surface area contributed by atoms with Gasteiger partial charge >= 0.3 is 0 Å². The molecule has 0 saturated carbocycles. The number of nitriles is 1. The maximum absolute atomic E-state index is 13.7. The molecule has 1 aliphatic rings. The summed E-state index contributed by atoms with van der Waals surface area (Å²) in [6, 6.07) is 4.78. The van der Waals surface area contributed by atoms with Crippen LogP contribution in [0.5, 0.6) is 0 Å². The van der Waals surface area contributed by atoms with Gasteiger partial charge in [0, 0.05) is 33.2 Å². The highest BCUT2D eigenvalue weighted by atomic mass is 35.5. The van der Waals surface area contributed by atoms with Crippen LogP contribution in [0.2, 0.25) is 10.0 Å². The summed E-state index contributed by atoms with van der Waals surface area (Å²) in [5, 5.41) is 15.6. The molecule has 166 valence electrons. The molecular weight excluding hydrogens is 453 g/mol. The van der Waals surface area contributed by atoms with Crippen LogP contribution in [0.4, 0.5) is 11.6 Å². The van der Waals surface area contributed by atoms with E-state index in [0.717, 1.165) is 13.1 Å². The molecule has 2 aromatic heterocycles. The van der Waals surface area contributed by atoms with E-state index < -0.39 is 6.04 Å². The first kappa shape index (κ1) is 22.1. The van der Waals surface area contributed by atoms with Crippen LogP contribution in [0.15, 0.2) is 23.3 Å². The molecule has 0 amide bonds. The molecule has 4 rings (SSSR count). The first-order valence-electron chi connectivity index (χ1n) is 9.95. The van der Waals surface area contributed by atoms with Gasteiger partial charge in [0.15, 0.2) is 11.6 Å². The SMILES string of the molecule is C[C@@H](c1nc2c(Cl)ccc(Cl)c2c(=O)n1N1CCNCC1)N(C)c1ncnc(N)c1C#N.